The maximum absolute atomic E-state index is 13.3. The topological polar surface area (TPSA) is 67.2 Å². The molecule has 6 nitrogen and oxygen atoms in total. The number of nitrogens with zero attached hydrogens (tertiary/aromatic N) is 3. The predicted octanol–water partition coefficient (Wildman–Crippen LogP) is 2.05. The summed E-state index contributed by atoms with van der Waals surface area (Å²) >= 11 is 6.12. The number of carbonyl (C=O) groups excluding carboxylic acids is 2. The van der Waals surface area contributed by atoms with Crippen LogP contribution in [-0.4, -0.2) is 39.1 Å². The zero-order valence-electron chi connectivity index (χ0n) is 13.9. The van der Waals surface area contributed by atoms with Crippen molar-refractivity contribution in [1.29, 1.82) is 0 Å². The van der Waals surface area contributed by atoms with Crippen molar-refractivity contribution in [2.45, 2.75) is 25.9 Å². The number of amides is 2. The number of aryl methyl sites for hydroxylation is 2. The van der Waals surface area contributed by atoms with E-state index in [1.165, 1.54) is 16.8 Å². The maximum Gasteiger partial charge on any atom is 0.271 e. The van der Waals surface area contributed by atoms with Crippen LogP contribution in [0.4, 0.5) is 4.39 Å². The molecule has 1 saturated heterocycles. The van der Waals surface area contributed by atoms with Gasteiger partial charge in [0.1, 0.15) is 11.5 Å². The lowest BCUT2D eigenvalue weighted by Crippen LogP contribution is -2.38. The van der Waals surface area contributed by atoms with Crippen molar-refractivity contribution in [3.05, 3.63) is 52.1 Å². The van der Waals surface area contributed by atoms with Crippen LogP contribution in [0.15, 0.2) is 24.3 Å². The van der Waals surface area contributed by atoms with Crippen molar-refractivity contribution in [2.75, 3.05) is 6.54 Å². The van der Waals surface area contributed by atoms with Gasteiger partial charge in [0.05, 0.1) is 16.8 Å². The molecule has 8 heteroatoms. The van der Waals surface area contributed by atoms with Gasteiger partial charge in [0.2, 0.25) is 5.91 Å². The van der Waals surface area contributed by atoms with Crippen LogP contribution in [0, 0.1) is 12.7 Å². The molecule has 0 aliphatic carbocycles. The molecule has 25 heavy (non-hydrogen) atoms. The highest BCUT2D eigenvalue weighted by molar-refractivity contribution is 6.34. The minimum Gasteiger partial charge on any atom is -0.346 e. The van der Waals surface area contributed by atoms with Gasteiger partial charge in [-0.05, 0) is 24.6 Å². The first-order valence-corrected chi connectivity index (χ1v) is 8.25. The Morgan fingerprint density at radius 1 is 1.48 bits per heavy atom. The van der Waals surface area contributed by atoms with Crippen molar-refractivity contribution in [2.24, 2.45) is 7.05 Å². The van der Waals surface area contributed by atoms with Crippen molar-refractivity contribution >= 4 is 23.4 Å². The molecule has 1 aliphatic rings. The molecule has 0 radical (unpaired) electrons. The van der Waals surface area contributed by atoms with E-state index in [9.17, 15) is 14.0 Å². The van der Waals surface area contributed by atoms with Gasteiger partial charge in [0.25, 0.3) is 5.91 Å². The first kappa shape index (κ1) is 17.4. The average molecular weight is 365 g/mol. The standard InChI is InChI=1S/C17H18ClFN4O2/c1-10-15(18)16(22(2)21-10)17(25)20-13-7-14(24)23(9-13)8-11-4-3-5-12(19)6-11/h3-6,13H,7-9H2,1-2H3,(H,20,25)/t13-/m0/s1. The summed E-state index contributed by atoms with van der Waals surface area (Å²) in [6, 6.07) is 5.81. The molecule has 132 valence electrons. The molecule has 2 amide bonds. The molecule has 1 atom stereocenters. The normalized spacial score (nSPS) is 17.2. The number of hydrogen-bond donors (Lipinski definition) is 1. The molecule has 1 aromatic heterocycles. The fourth-order valence-electron chi connectivity index (χ4n) is 3.01. The van der Waals surface area contributed by atoms with Crippen LogP contribution >= 0.6 is 11.6 Å². The first-order chi connectivity index (χ1) is 11.8. The van der Waals surface area contributed by atoms with E-state index in [0.717, 1.165) is 0 Å². The van der Waals surface area contributed by atoms with Crippen LogP contribution in [0.1, 0.15) is 28.2 Å². The second-order valence-electron chi connectivity index (χ2n) is 6.15. The number of hydrogen-bond acceptors (Lipinski definition) is 3. The van der Waals surface area contributed by atoms with Crippen LogP contribution in [0.5, 0.6) is 0 Å². The summed E-state index contributed by atoms with van der Waals surface area (Å²) in [7, 11) is 1.64. The Bertz CT molecular complexity index is 836. The van der Waals surface area contributed by atoms with E-state index in [-0.39, 0.29) is 35.8 Å². The van der Waals surface area contributed by atoms with Crippen LogP contribution in [0.3, 0.4) is 0 Å². The molecular formula is C17H18ClFN4O2. The molecule has 0 bridgehead atoms. The van der Waals surface area contributed by atoms with Gasteiger partial charge in [-0.3, -0.25) is 14.3 Å². The van der Waals surface area contributed by atoms with Crippen molar-refractivity contribution in [3.63, 3.8) is 0 Å². The van der Waals surface area contributed by atoms with Gasteiger partial charge in [0.15, 0.2) is 0 Å². The summed E-state index contributed by atoms with van der Waals surface area (Å²) < 4.78 is 14.7. The fraction of sp³-hybridized carbons (Fsp3) is 0.353. The highest BCUT2D eigenvalue weighted by Gasteiger charge is 2.32. The van der Waals surface area contributed by atoms with E-state index in [1.807, 2.05) is 0 Å². The minimum atomic E-state index is -0.362. The van der Waals surface area contributed by atoms with Crippen LogP contribution in [0.25, 0.3) is 0 Å². The molecule has 0 spiro atoms. The van der Waals surface area contributed by atoms with Crippen molar-refractivity contribution in [1.82, 2.24) is 20.0 Å². The van der Waals surface area contributed by atoms with E-state index in [0.29, 0.717) is 29.4 Å². The lowest BCUT2D eigenvalue weighted by molar-refractivity contribution is -0.128. The summed E-state index contributed by atoms with van der Waals surface area (Å²) in [5, 5.41) is 7.24. The zero-order chi connectivity index (χ0) is 18.1. The largest absolute Gasteiger partial charge is 0.346 e. The highest BCUT2D eigenvalue weighted by atomic mass is 35.5. The Balaban J connectivity index is 1.65. The van der Waals surface area contributed by atoms with Crippen LogP contribution < -0.4 is 5.32 Å². The molecule has 1 aromatic carbocycles. The van der Waals surface area contributed by atoms with Gasteiger partial charge in [0, 0.05) is 26.6 Å². The second kappa shape index (κ2) is 6.84. The number of benzene rings is 1. The number of aromatic nitrogens is 2. The molecule has 1 N–H and O–H groups in total. The lowest BCUT2D eigenvalue weighted by atomic mass is 10.2. The molecule has 1 aliphatic heterocycles. The SMILES string of the molecule is Cc1nn(C)c(C(=O)N[C@H]2CC(=O)N(Cc3cccc(F)c3)C2)c1Cl. The Hall–Kier alpha value is -2.41. The zero-order valence-corrected chi connectivity index (χ0v) is 14.7. The monoisotopic (exact) mass is 364 g/mol. The second-order valence-corrected chi connectivity index (χ2v) is 6.53. The molecule has 0 unspecified atom stereocenters. The quantitative estimate of drug-likeness (QED) is 0.903. The Morgan fingerprint density at radius 3 is 2.88 bits per heavy atom. The Morgan fingerprint density at radius 2 is 2.24 bits per heavy atom. The average Bonchev–Trinajstić information content (AvgIpc) is 2.98. The summed E-state index contributed by atoms with van der Waals surface area (Å²) in [6.07, 6.45) is 0.204. The number of halogens is 2. The third-order valence-corrected chi connectivity index (χ3v) is 4.63. The highest BCUT2D eigenvalue weighted by Crippen LogP contribution is 2.21. The predicted molar refractivity (Wildman–Crippen MR) is 90.6 cm³/mol. The Kier molecular flexibility index (Phi) is 4.76. The summed E-state index contributed by atoms with van der Waals surface area (Å²) in [4.78, 5) is 26.2. The van der Waals surface area contributed by atoms with E-state index in [1.54, 1.807) is 31.0 Å². The summed E-state index contributed by atoms with van der Waals surface area (Å²) in [5.41, 5.74) is 1.56. The van der Waals surface area contributed by atoms with Gasteiger partial charge in [-0.2, -0.15) is 5.10 Å². The summed E-state index contributed by atoms with van der Waals surface area (Å²) in [5.74, 6) is -0.782. The van der Waals surface area contributed by atoms with E-state index < -0.39 is 0 Å². The summed E-state index contributed by atoms with van der Waals surface area (Å²) in [6.45, 7) is 2.41. The third kappa shape index (κ3) is 3.66. The van der Waals surface area contributed by atoms with Gasteiger partial charge in [-0.1, -0.05) is 23.7 Å². The molecule has 2 aromatic rings. The molecule has 0 saturated carbocycles. The van der Waals surface area contributed by atoms with Gasteiger partial charge < -0.3 is 10.2 Å². The van der Waals surface area contributed by atoms with Crippen LogP contribution in [-0.2, 0) is 18.4 Å². The number of nitrogens with one attached hydrogen (secondary N) is 1. The van der Waals surface area contributed by atoms with Gasteiger partial charge in [-0.15, -0.1) is 0 Å². The van der Waals surface area contributed by atoms with Crippen LogP contribution in [0.2, 0.25) is 5.02 Å². The first-order valence-electron chi connectivity index (χ1n) is 7.87. The minimum absolute atomic E-state index is 0.0816. The van der Waals surface area contributed by atoms with E-state index in [4.69, 9.17) is 11.6 Å². The smallest absolute Gasteiger partial charge is 0.271 e. The number of rotatable bonds is 4. The molecule has 2 heterocycles. The number of carbonyl (C=O) groups is 2. The van der Waals surface area contributed by atoms with Gasteiger partial charge in [-0.25, -0.2) is 4.39 Å². The Labute approximate surface area is 149 Å². The number of likely N-dealkylation sites (tertiary alicyclic amines) is 1. The maximum atomic E-state index is 13.3. The molecule has 1 fully saturated rings. The van der Waals surface area contributed by atoms with Crippen molar-refractivity contribution < 1.29 is 14.0 Å². The van der Waals surface area contributed by atoms with Crippen molar-refractivity contribution in [3.8, 4) is 0 Å². The molecule has 3 rings (SSSR count). The van der Waals surface area contributed by atoms with E-state index >= 15 is 0 Å². The van der Waals surface area contributed by atoms with E-state index in [2.05, 4.69) is 10.4 Å². The fourth-order valence-corrected chi connectivity index (χ4v) is 3.26. The molecular weight excluding hydrogens is 347 g/mol. The third-order valence-electron chi connectivity index (χ3n) is 4.18. The lowest BCUT2D eigenvalue weighted by Gasteiger charge is -2.17. The van der Waals surface area contributed by atoms with Gasteiger partial charge >= 0.3 is 0 Å².